The van der Waals surface area contributed by atoms with Crippen molar-refractivity contribution in [1.82, 2.24) is 15.5 Å². The molecular weight excluding hydrogens is 262 g/mol. The minimum atomic E-state index is 0.266. The average Bonchev–Trinajstić information content (AvgIpc) is 3.33. The molecule has 3 rings (SSSR count). The van der Waals surface area contributed by atoms with E-state index in [0.29, 0.717) is 18.6 Å². The third-order valence-electron chi connectivity index (χ3n) is 5.33. The Bertz CT molecular complexity index is 331. The van der Waals surface area contributed by atoms with Gasteiger partial charge in [0.1, 0.15) is 0 Å². The van der Waals surface area contributed by atoms with Crippen molar-refractivity contribution < 1.29 is 4.79 Å². The van der Waals surface area contributed by atoms with Crippen molar-refractivity contribution >= 4 is 5.91 Å². The quantitative estimate of drug-likeness (QED) is 0.786. The van der Waals surface area contributed by atoms with Crippen LogP contribution >= 0.6 is 0 Å². The predicted octanol–water partition coefficient (Wildman–Crippen LogP) is 1.90. The average molecular weight is 293 g/mol. The van der Waals surface area contributed by atoms with E-state index < -0.39 is 0 Å². The van der Waals surface area contributed by atoms with Crippen LogP contribution in [0.3, 0.4) is 0 Å². The minimum Gasteiger partial charge on any atom is -0.352 e. The van der Waals surface area contributed by atoms with Crippen LogP contribution in [0.15, 0.2) is 0 Å². The van der Waals surface area contributed by atoms with Gasteiger partial charge in [-0.2, -0.15) is 0 Å². The zero-order valence-corrected chi connectivity index (χ0v) is 13.3. The number of carbonyl (C=O) groups is 1. The summed E-state index contributed by atoms with van der Waals surface area (Å²) in [6, 6.07) is 1.14. The zero-order valence-electron chi connectivity index (χ0n) is 13.3. The molecule has 120 valence electrons. The van der Waals surface area contributed by atoms with E-state index in [2.05, 4.69) is 15.5 Å². The van der Waals surface area contributed by atoms with Crippen LogP contribution in [0.5, 0.6) is 0 Å². The smallest absolute Gasteiger partial charge is 0.234 e. The number of nitrogens with zero attached hydrogens (tertiary/aromatic N) is 1. The van der Waals surface area contributed by atoms with Gasteiger partial charge in [0.2, 0.25) is 5.91 Å². The summed E-state index contributed by atoms with van der Waals surface area (Å²) in [6.07, 6.45) is 11.4. The third kappa shape index (κ3) is 4.96. The molecule has 0 unspecified atom stereocenters. The Kier molecular flexibility index (Phi) is 5.53. The van der Waals surface area contributed by atoms with E-state index >= 15 is 0 Å². The van der Waals surface area contributed by atoms with Gasteiger partial charge in [-0.3, -0.25) is 9.69 Å². The van der Waals surface area contributed by atoms with Crippen LogP contribution in [0.25, 0.3) is 0 Å². The lowest BCUT2D eigenvalue weighted by Gasteiger charge is -2.30. The van der Waals surface area contributed by atoms with Gasteiger partial charge in [-0.05, 0) is 57.5 Å². The largest absolute Gasteiger partial charge is 0.352 e. The summed E-state index contributed by atoms with van der Waals surface area (Å²) in [5.41, 5.74) is 0. The molecule has 0 bridgehead atoms. The highest BCUT2D eigenvalue weighted by molar-refractivity contribution is 5.78. The van der Waals surface area contributed by atoms with Gasteiger partial charge in [0.25, 0.3) is 0 Å². The lowest BCUT2D eigenvalue weighted by Crippen LogP contribution is -2.45. The Morgan fingerprint density at radius 3 is 2.38 bits per heavy atom. The number of hydrogen-bond acceptors (Lipinski definition) is 3. The second-order valence-corrected chi connectivity index (χ2v) is 7.26. The Hall–Kier alpha value is -0.610. The Morgan fingerprint density at radius 1 is 1.00 bits per heavy atom. The number of nitrogens with one attached hydrogen (secondary N) is 2. The molecule has 3 aliphatic rings. The standard InChI is InChI=1S/C17H31N3O/c21-17(19-15-4-2-1-3-5-15)13-20(16-6-7-16)12-14-8-10-18-11-9-14/h14-16,18H,1-13H2,(H,19,21). The molecule has 3 fully saturated rings. The molecule has 4 heteroatoms. The molecular formula is C17H31N3O. The maximum Gasteiger partial charge on any atom is 0.234 e. The van der Waals surface area contributed by atoms with Gasteiger partial charge in [-0.25, -0.2) is 0 Å². The molecule has 1 amide bonds. The van der Waals surface area contributed by atoms with Crippen molar-refractivity contribution in [1.29, 1.82) is 0 Å². The molecule has 1 aliphatic heterocycles. The van der Waals surface area contributed by atoms with Crippen molar-refractivity contribution in [2.75, 3.05) is 26.2 Å². The van der Waals surface area contributed by atoms with Crippen molar-refractivity contribution in [2.24, 2.45) is 5.92 Å². The second kappa shape index (κ2) is 7.59. The first-order valence-electron chi connectivity index (χ1n) is 9.05. The van der Waals surface area contributed by atoms with Crippen molar-refractivity contribution in [2.45, 2.75) is 69.9 Å². The van der Waals surface area contributed by atoms with Crippen LogP contribution in [-0.4, -0.2) is 49.1 Å². The summed E-state index contributed by atoms with van der Waals surface area (Å²) in [4.78, 5) is 14.8. The molecule has 0 aromatic rings. The number of rotatable bonds is 6. The molecule has 21 heavy (non-hydrogen) atoms. The van der Waals surface area contributed by atoms with Crippen LogP contribution in [-0.2, 0) is 4.79 Å². The molecule has 0 spiro atoms. The zero-order chi connectivity index (χ0) is 14.5. The van der Waals surface area contributed by atoms with Gasteiger partial charge in [0, 0.05) is 18.6 Å². The lowest BCUT2D eigenvalue weighted by molar-refractivity contribution is -0.123. The van der Waals surface area contributed by atoms with Gasteiger partial charge < -0.3 is 10.6 Å². The van der Waals surface area contributed by atoms with Gasteiger partial charge >= 0.3 is 0 Å². The summed E-state index contributed by atoms with van der Waals surface area (Å²) in [5.74, 6) is 1.05. The molecule has 2 saturated carbocycles. The minimum absolute atomic E-state index is 0.266. The molecule has 1 heterocycles. The van der Waals surface area contributed by atoms with Crippen LogP contribution in [0.1, 0.15) is 57.8 Å². The fourth-order valence-corrected chi connectivity index (χ4v) is 3.88. The number of amides is 1. The van der Waals surface area contributed by atoms with E-state index in [1.807, 2.05) is 0 Å². The fourth-order valence-electron chi connectivity index (χ4n) is 3.88. The van der Waals surface area contributed by atoms with Crippen LogP contribution in [0.2, 0.25) is 0 Å². The maximum atomic E-state index is 12.3. The van der Waals surface area contributed by atoms with Gasteiger partial charge in [-0.15, -0.1) is 0 Å². The van der Waals surface area contributed by atoms with Gasteiger partial charge in [0.15, 0.2) is 0 Å². The molecule has 2 N–H and O–H groups in total. The van der Waals surface area contributed by atoms with E-state index in [4.69, 9.17) is 0 Å². The summed E-state index contributed by atoms with van der Waals surface area (Å²) in [7, 11) is 0. The van der Waals surface area contributed by atoms with Crippen LogP contribution in [0, 0.1) is 5.92 Å². The maximum absolute atomic E-state index is 12.3. The Labute approximate surface area is 129 Å². The summed E-state index contributed by atoms with van der Waals surface area (Å²) in [5, 5.41) is 6.71. The highest BCUT2D eigenvalue weighted by atomic mass is 16.2. The van der Waals surface area contributed by atoms with E-state index in [9.17, 15) is 4.79 Å². The highest BCUT2D eigenvalue weighted by Gasteiger charge is 2.32. The second-order valence-electron chi connectivity index (χ2n) is 7.26. The Balaban J connectivity index is 1.44. The van der Waals surface area contributed by atoms with Crippen molar-refractivity contribution in [3.63, 3.8) is 0 Å². The van der Waals surface area contributed by atoms with E-state index in [1.165, 1.54) is 57.8 Å². The third-order valence-corrected chi connectivity index (χ3v) is 5.33. The van der Waals surface area contributed by atoms with E-state index in [1.54, 1.807) is 0 Å². The number of carbonyl (C=O) groups excluding carboxylic acids is 1. The van der Waals surface area contributed by atoms with Crippen molar-refractivity contribution in [3.8, 4) is 0 Å². The van der Waals surface area contributed by atoms with Crippen LogP contribution < -0.4 is 10.6 Å². The summed E-state index contributed by atoms with van der Waals surface area (Å²) < 4.78 is 0. The molecule has 0 aromatic heterocycles. The van der Waals surface area contributed by atoms with Crippen molar-refractivity contribution in [3.05, 3.63) is 0 Å². The predicted molar refractivity (Wildman–Crippen MR) is 85.2 cm³/mol. The first kappa shape index (κ1) is 15.3. The highest BCUT2D eigenvalue weighted by Crippen LogP contribution is 2.28. The van der Waals surface area contributed by atoms with E-state index in [-0.39, 0.29) is 5.91 Å². The lowest BCUT2D eigenvalue weighted by atomic mass is 9.95. The molecule has 1 saturated heterocycles. The van der Waals surface area contributed by atoms with E-state index in [0.717, 1.165) is 25.6 Å². The summed E-state index contributed by atoms with van der Waals surface area (Å²) in [6.45, 7) is 4.06. The van der Waals surface area contributed by atoms with Gasteiger partial charge in [0.05, 0.1) is 6.54 Å². The molecule has 2 aliphatic carbocycles. The molecule has 0 atom stereocenters. The fraction of sp³-hybridized carbons (Fsp3) is 0.941. The first-order valence-corrected chi connectivity index (χ1v) is 9.05. The summed E-state index contributed by atoms with van der Waals surface area (Å²) >= 11 is 0. The topological polar surface area (TPSA) is 44.4 Å². The normalized spacial score (nSPS) is 25.2. The number of hydrogen-bond donors (Lipinski definition) is 2. The molecule has 0 radical (unpaired) electrons. The SMILES string of the molecule is O=C(CN(CC1CCNCC1)C1CC1)NC1CCCCC1. The van der Waals surface area contributed by atoms with Crippen LogP contribution in [0.4, 0.5) is 0 Å². The Morgan fingerprint density at radius 2 is 1.71 bits per heavy atom. The molecule has 4 nitrogen and oxygen atoms in total. The number of piperidine rings is 1. The monoisotopic (exact) mass is 293 g/mol. The van der Waals surface area contributed by atoms with Gasteiger partial charge in [-0.1, -0.05) is 19.3 Å². The first-order chi connectivity index (χ1) is 10.3. The molecule has 0 aromatic carbocycles.